The fraction of sp³-hybridized carbons (Fsp3) is 0.700. The molecule has 4 heteroatoms. The Balaban J connectivity index is 1.78. The molecular formula is C20H32O4. The van der Waals surface area contributed by atoms with Gasteiger partial charge in [-0.2, -0.15) is 0 Å². The minimum absolute atomic E-state index is 0.442. The van der Waals surface area contributed by atoms with Gasteiger partial charge in [-0.1, -0.05) is 26.8 Å². The third-order valence-electron chi connectivity index (χ3n) is 4.57. The Morgan fingerprint density at radius 1 is 1.21 bits per heavy atom. The second kappa shape index (κ2) is 9.28. The number of hydrogen-bond donors (Lipinski definition) is 1. The number of benzene rings is 1. The number of aliphatic hydroxyl groups is 1. The largest absolute Gasteiger partial charge is 0.493 e. The van der Waals surface area contributed by atoms with Crippen molar-refractivity contribution < 1.29 is 19.3 Å². The summed E-state index contributed by atoms with van der Waals surface area (Å²) in [4.78, 5) is 0. The van der Waals surface area contributed by atoms with Gasteiger partial charge < -0.3 is 19.3 Å². The van der Waals surface area contributed by atoms with E-state index in [9.17, 15) is 5.11 Å². The van der Waals surface area contributed by atoms with Crippen LogP contribution in [-0.2, 0) is 4.74 Å². The molecule has 1 aliphatic rings. The van der Waals surface area contributed by atoms with Crippen molar-refractivity contribution in [3.63, 3.8) is 0 Å². The summed E-state index contributed by atoms with van der Waals surface area (Å²) in [5.74, 6) is 3.44. The van der Waals surface area contributed by atoms with E-state index in [4.69, 9.17) is 14.2 Å². The minimum atomic E-state index is -0.470. The average Bonchev–Trinajstić information content (AvgIpc) is 3.25. The molecule has 2 rings (SSSR count). The predicted molar refractivity (Wildman–Crippen MR) is 95.6 cm³/mol. The molecule has 2 unspecified atom stereocenters. The van der Waals surface area contributed by atoms with Gasteiger partial charge in [-0.15, -0.1) is 0 Å². The first kappa shape index (κ1) is 19.1. The highest BCUT2D eigenvalue weighted by Gasteiger charge is 2.32. The summed E-state index contributed by atoms with van der Waals surface area (Å²) < 4.78 is 16.9. The van der Waals surface area contributed by atoms with Crippen molar-refractivity contribution in [1.82, 2.24) is 0 Å². The summed E-state index contributed by atoms with van der Waals surface area (Å²) in [6, 6.07) is 5.65. The van der Waals surface area contributed by atoms with Gasteiger partial charge in [0.1, 0.15) is 0 Å². The highest BCUT2D eigenvalue weighted by molar-refractivity contribution is 5.43. The molecule has 1 aromatic carbocycles. The normalized spacial score (nSPS) is 20.9. The van der Waals surface area contributed by atoms with E-state index in [2.05, 4.69) is 20.8 Å². The Hall–Kier alpha value is -1.26. The molecule has 1 aromatic rings. The molecule has 0 spiro atoms. The van der Waals surface area contributed by atoms with E-state index in [0.29, 0.717) is 24.0 Å². The smallest absolute Gasteiger partial charge is 0.161 e. The van der Waals surface area contributed by atoms with Crippen LogP contribution in [-0.4, -0.2) is 32.0 Å². The van der Waals surface area contributed by atoms with E-state index in [1.807, 2.05) is 18.2 Å². The highest BCUT2D eigenvalue weighted by Crippen LogP contribution is 2.37. The van der Waals surface area contributed by atoms with Crippen molar-refractivity contribution in [2.75, 3.05) is 26.9 Å². The Bertz CT molecular complexity index is 500. The molecule has 1 fully saturated rings. The van der Waals surface area contributed by atoms with Crippen LogP contribution in [0.25, 0.3) is 0 Å². The maximum Gasteiger partial charge on any atom is 0.161 e. The van der Waals surface area contributed by atoms with Crippen LogP contribution in [0.4, 0.5) is 0 Å². The van der Waals surface area contributed by atoms with Gasteiger partial charge in [0.05, 0.1) is 19.8 Å². The van der Waals surface area contributed by atoms with Crippen LogP contribution in [0.5, 0.6) is 11.5 Å². The van der Waals surface area contributed by atoms with Gasteiger partial charge in [0, 0.05) is 19.6 Å². The Morgan fingerprint density at radius 3 is 2.58 bits per heavy atom. The maximum atomic E-state index is 10.3. The lowest BCUT2D eigenvalue weighted by atomic mass is 9.99. The Morgan fingerprint density at radius 2 is 1.96 bits per heavy atom. The van der Waals surface area contributed by atoms with Gasteiger partial charge >= 0.3 is 0 Å². The lowest BCUT2D eigenvalue weighted by Crippen LogP contribution is -2.07. The molecular weight excluding hydrogens is 304 g/mol. The van der Waals surface area contributed by atoms with E-state index in [0.717, 1.165) is 43.5 Å². The van der Waals surface area contributed by atoms with Crippen LogP contribution in [0.3, 0.4) is 0 Å². The zero-order valence-corrected chi connectivity index (χ0v) is 15.5. The van der Waals surface area contributed by atoms with Crippen LogP contribution in [0.15, 0.2) is 18.2 Å². The second-order valence-corrected chi connectivity index (χ2v) is 7.31. The molecule has 1 saturated carbocycles. The van der Waals surface area contributed by atoms with E-state index in [1.165, 1.54) is 6.42 Å². The minimum Gasteiger partial charge on any atom is -0.493 e. The van der Waals surface area contributed by atoms with Crippen molar-refractivity contribution in [2.24, 2.45) is 17.8 Å². The van der Waals surface area contributed by atoms with Gasteiger partial charge in [0.15, 0.2) is 11.5 Å². The number of hydrogen-bond acceptors (Lipinski definition) is 4. The van der Waals surface area contributed by atoms with Crippen LogP contribution >= 0.6 is 0 Å². The molecule has 0 radical (unpaired) electrons. The van der Waals surface area contributed by atoms with Crippen molar-refractivity contribution >= 4 is 0 Å². The summed E-state index contributed by atoms with van der Waals surface area (Å²) >= 11 is 0. The Kier molecular flexibility index (Phi) is 7.38. The molecule has 0 aliphatic heterocycles. The molecule has 0 saturated heterocycles. The molecule has 0 heterocycles. The SMILES string of the molecule is COc1ccc(C(O)CC(C)C)cc1OCCCOC[C@H]1CC1C. The fourth-order valence-corrected chi connectivity index (χ4v) is 2.81. The lowest BCUT2D eigenvalue weighted by Gasteiger charge is -2.17. The molecule has 1 aliphatic carbocycles. The van der Waals surface area contributed by atoms with Crippen molar-refractivity contribution in [3.8, 4) is 11.5 Å². The zero-order valence-electron chi connectivity index (χ0n) is 15.5. The monoisotopic (exact) mass is 336 g/mol. The molecule has 136 valence electrons. The maximum absolute atomic E-state index is 10.3. The molecule has 0 aromatic heterocycles. The zero-order chi connectivity index (χ0) is 17.5. The van der Waals surface area contributed by atoms with Crippen molar-refractivity contribution in [1.29, 1.82) is 0 Å². The van der Waals surface area contributed by atoms with Gasteiger partial charge in [-0.25, -0.2) is 0 Å². The van der Waals surface area contributed by atoms with Crippen LogP contribution in [0, 0.1) is 17.8 Å². The van der Waals surface area contributed by atoms with Gasteiger partial charge in [0.25, 0.3) is 0 Å². The molecule has 1 N–H and O–H groups in total. The highest BCUT2D eigenvalue weighted by atomic mass is 16.5. The lowest BCUT2D eigenvalue weighted by molar-refractivity contribution is 0.108. The average molecular weight is 336 g/mol. The van der Waals surface area contributed by atoms with Crippen LogP contribution < -0.4 is 9.47 Å². The third kappa shape index (κ3) is 5.99. The first-order chi connectivity index (χ1) is 11.5. The summed E-state index contributed by atoms with van der Waals surface area (Å²) in [6.07, 6.45) is 2.42. The summed E-state index contributed by atoms with van der Waals surface area (Å²) in [7, 11) is 1.63. The van der Waals surface area contributed by atoms with Gasteiger partial charge in [0.2, 0.25) is 0 Å². The molecule has 4 nitrogen and oxygen atoms in total. The number of rotatable bonds is 11. The summed E-state index contributed by atoms with van der Waals surface area (Å²) in [5, 5.41) is 10.3. The molecule has 0 amide bonds. The first-order valence-corrected chi connectivity index (χ1v) is 9.07. The molecule has 3 atom stereocenters. The van der Waals surface area contributed by atoms with Crippen LogP contribution in [0.1, 0.15) is 51.7 Å². The van der Waals surface area contributed by atoms with E-state index < -0.39 is 6.10 Å². The fourth-order valence-electron chi connectivity index (χ4n) is 2.81. The summed E-state index contributed by atoms with van der Waals surface area (Å²) in [6.45, 7) is 8.66. The van der Waals surface area contributed by atoms with E-state index in [-0.39, 0.29) is 0 Å². The quantitative estimate of drug-likeness (QED) is 0.615. The molecule has 0 bridgehead atoms. The molecule has 24 heavy (non-hydrogen) atoms. The van der Waals surface area contributed by atoms with Gasteiger partial charge in [-0.3, -0.25) is 0 Å². The topological polar surface area (TPSA) is 47.9 Å². The number of aliphatic hydroxyl groups excluding tert-OH is 1. The van der Waals surface area contributed by atoms with E-state index in [1.54, 1.807) is 7.11 Å². The van der Waals surface area contributed by atoms with Crippen molar-refractivity contribution in [3.05, 3.63) is 23.8 Å². The second-order valence-electron chi connectivity index (χ2n) is 7.31. The first-order valence-electron chi connectivity index (χ1n) is 9.07. The number of ether oxygens (including phenoxy) is 3. The standard InChI is InChI=1S/C20H32O4/c1-14(2)10-18(21)16-6-7-19(22-4)20(12-16)24-9-5-8-23-13-17-11-15(17)3/h6-7,12,14-15,17-18,21H,5,8-11,13H2,1-4H3/t15?,17-,18?/m1/s1. The number of methoxy groups -OCH3 is 1. The van der Waals surface area contributed by atoms with Crippen molar-refractivity contribution in [2.45, 2.75) is 46.1 Å². The van der Waals surface area contributed by atoms with Gasteiger partial charge in [-0.05, 0) is 48.3 Å². The predicted octanol–water partition coefficient (Wildman–Crippen LogP) is 4.22. The van der Waals surface area contributed by atoms with E-state index >= 15 is 0 Å². The summed E-state index contributed by atoms with van der Waals surface area (Å²) in [5.41, 5.74) is 0.874. The Labute approximate surface area is 146 Å². The van der Waals surface area contributed by atoms with Crippen LogP contribution in [0.2, 0.25) is 0 Å². The third-order valence-corrected chi connectivity index (χ3v) is 4.57.